The van der Waals surface area contributed by atoms with E-state index in [0.29, 0.717) is 36.2 Å². The summed E-state index contributed by atoms with van der Waals surface area (Å²) in [5, 5.41) is 12.1. The van der Waals surface area contributed by atoms with Crippen molar-refractivity contribution in [3.63, 3.8) is 0 Å². The van der Waals surface area contributed by atoms with Crippen molar-refractivity contribution >= 4 is 23.5 Å². The largest absolute Gasteiger partial charge is 0.393 e. The summed E-state index contributed by atoms with van der Waals surface area (Å²) >= 11 is 0. The number of nitrogens with zero attached hydrogens (tertiary/aromatic N) is 2. The molecule has 0 radical (unpaired) electrons. The SMILES string of the molecule is O=C1CCN(c2ccccc2C(=O)N2CC3CC(O)CC3C2)C(=O)N1. The molecule has 25 heavy (non-hydrogen) atoms. The van der Waals surface area contributed by atoms with Crippen molar-refractivity contribution < 1.29 is 19.5 Å². The molecule has 0 aromatic heterocycles. The number of aliphatic hydroxyl groups excluding tert-OH is 1. The summed E-state index contributed by atoms with van der Waals surface area (Å²) < 4.78 is 0. The minimum atomic E-state index is -0.488. The van der Waals surface area contributed by atoms with Crippen LogP contribution in [-0.2, 0) is 4.79 Å². The molecule has 4 rings (SSSR count). The number of nitrogens with one attached hydrogen (secondary N) is 1. The summed E-state index contributed by atoms with van der Waals surface area (Å²) in [5.74, 6) is 0.337. The molecule has 4 amide bonds. The van der Waals surface area contributed by atoms with E-state index in [1.807, 2.05) is 4.90 Å². The van der Waals surface area contributed by atoms with Gasteiger partial charge in [-0.15, -0.1) is 0 Å². The summed E-state index contributed by atoms with van der Waals surface area (Å²) in [7, 11) is 0. The summed E-state index contributed by atoms with van der Waals surface area (Å²) in [4.78, 5) is 39.8. The number of amides is 4. The van der Waals surface area contributed by atoms with E-state index in [0.717, 1.165) is 12.8 Å². The molecular weight excluding hydrogens is 322 g/mol. The lowest BCUT2D eigenvalue weighted by atomic mass is 10.0. The van der Waals surface area contributed by atoms with Crippen LogP contribution in [0.2, 0.25) is 0 Å². The van der Waals surface area contributed by atoms with Crippen molar-refractivity contribution in [2.24, 2.45) is 11.8 Å². The Hall–Kier alpha value is -2.41. The Bertz CT molecular complexity index is 721. The Morgan fingerprint density at radius 1 is 1.12 bits per heavy atom. The molecule has 2 N–H and O–H groups in total. The van der Waals surface area contributed by atoms with E-state index in [4.69, 9.17) is 0 Å². The summed E-state index contributed by atoms with van der Waals surface area (Å²) in [6, 6.07) is 6.54. The first kappa shape index (κ1) is 16.1. The number of aliphatic hydroxyl groups is 1. The van der Waals surface area contributed by atoms with Crippen molar-refractivity contribution in [1.29, 1.82) is 0 Å². The predicted octanol–water partition coefficient (Wildman–Crippen LogP) is 0.976. The summed E-state index contributed by atoms with van der Waals surface area (Å²) in [6.45, 7) is 1.57. The molecule has 1 aliphatic carbocycles. The Kier molecular flexibility index (Phi) is 3.95. The van der Waals surface area contributed by atoms with Crippen LogP contribution in [0.1, 0.15) is 29.6 Å². The standard InChI is InChI=1S/C18H21N3O4/c22-13-7-11-9-20(10-12(11)8-13)17(24)14-3-1-2-4-15(14)21-6-5-16(23)19-18(21)25/h1-4,11-13,22H,5-10H2,(H,19,23,25). The highest BCUT2D eigenvalue weighted by molar-refractivity contribution is 6.09. The third-order valence-electron chi connectivity index (χ3n) is 5.49. The first-order valence-corrected chi connectivity index (χ1v) is 8.70. The van der Waals surface area contributed by atoms with Gasteiger partial charge in [-0.05, 0) is 36.8 Å². The molecule has 3 aliphatic rings. The van der Waals surface area contributed by atoms with Gasteiger partial charge < -0.3 is 10.0 Å². The van der Waals surface area contributed by atoms with E-state index in [2.05, 4.69) is 5.32 Å². The Morgan fingerprint density at radius 2 is 1.80 bits per heavy atom. The number of likely N-dealkylation sites (tertiary alicyclic amines) is 1. The fraction of sp³-hybridized carbons (Fsp3) is 0.500. The van der Waals surface area contributed by atoms with Crippen molar-refractivity contribution in [2.75, 3.05) is 24.5 Å². The second kappa shape index (κ2) is 6.15. The third kappa shape index (κ3) is 2.89. The highest BCUT2D eigenvalue weighted by Crippen LogP contribution is 2.39. The minimum absolute atomic E-state index is 0.0933. The number of anilines is 1. The average molecular weight is 343 g/mol. The van der Waals surface area contributed by atoms with Crippen LogP contribution in [0.25, 0.3) is 0 Å². The van der Waals surface area contributed by atoms with Crippen LogP contribution in [0.15, 0.2) is 24.3 Å². The van der Waals surface area contributed by atoms with Crippen LogP contribution in [0, 0.1) is 11.8 Å². The number of urea groups is 1. The molecule has 1 saturated carbocycles. The van der Waals surface area contributed by atoms with E-state index < -0.39 is 6.03 Å². The van der Waals surface area contributed by atoms with Gasteiger partial charge in [-0.25, -0.2) is 4.79 Å². The molecule has 7 nitrogen and oxygen atoms in total. The van der Waals surface area contributed by atoms with Crippen LogP contribution in [0.5, 0.6) is 0 Å². The summed E-state index contributed by atoms with van der Waals surface area (Å²) in [5.41, 5.74) is 1.02. The molecular formula is C18H21N3O4. The Morgan fingerprint density at radius 3 is 2.48 bits per heavy atom. The Labute approximate surface area is 145 Å². The first-order chi connectivity index (χ1) is 12.0. The van der Waals surface area contributed by atoms with Crippen LogP contribution < -0.4 is 10.2 Å². The highest BCUT2D eigenvalue weighted by Gasteiger charge is 2.42. The van der Waals surface area contributed by atoms with E-state index in [9.17, 15) is 19.5 Å². The van der Waals surface area contributed by atoms with Crippen molar-refractivity contribution in [1.82, 2.24) is 10.2 Å². The lowest BCUT2D eigenvalue weighted by Crippen LogP contribution is -2.50. The van der Waals surface area contributed by atoms with Gasteiger partial charge in [-0.3, -0.25) is 19.8 Å². The molecule has 2 aliphatic heterocycles. The molecule has 2 heterocycles. The molecule has 2 saturated heterocycles. The van der Waals surface area contributed by atoms with Gasteiger partial charge in [0.2, 0.25) is 5.91 Å². The third-order valence-corrected chi connectivity index (χ3v) is 5.49. The number of carbonyl (C=O) groups excluding carboxylic acids is 3. The molecule has 1 aromatic carbocycles. The van der Waals surface area contributed by atoms with Gasteiger partial charge >= 0.3 is 6.03 Å². The molecule has 2 unspecified atom stereocenters. The van der Waals surface area contributed by atoms with Crippen LogP contribution in [0.3, 0.4) is 0 Å². The number of hydrogen-bond donors (Lipinski definition) is 2. The minimum Gasteiger partial charge on any atom is -0.393 e. The van der Waals surface area contributed by atoms with E-state index in [-0.39, 0.29) is 30.9 Å². The monoisotopic (exact) mass is 343 g/mol. The molecule has 0 bridgehead atoms. The van der Waals surface area contributed by atoms with Crippen LogP contribution in [0.4, 0.5) is 10.5 Å². The zero-order valence-electron chi connectivity index (χ0n) is 13.9. The lowest BCUT2D eigenvalue weighted by Gasteiger charge is -2.29. The van der Waals surface area contributed by atoms with Gasteiger partial charge in [0.05, 0.1) is 17.4 Å². The number of imide groups is 1. The van der Waals surface area contributed by atoms with Crippen LogP contribution in [-0.4, -0.2) is 53.6 Å². The van der Waals surface area contributed by atoms with Gasteiger partial charge in [0.25, 0.3) is 5.91 Å². The van der Waals surface area contributed by atoms with Gasteiger partial charge in [0.15, 0.2) is 0 Å². The Balaban J connectivity index is 1.56. The number of carbonyl (C=O) groups is 3. The van der Waals surface area contributed by atoms with E-state index >= 15 is 0 Å². The number of benzene rings is 1. The average Bonchev–Trinajstić information content (AvgIpc) is 3.11. The topological polar surface area (TPSA) is 90.0 Å². The molecule has 2 atom stereocenters. The smallest absolute Gasteiger partial charge is 0.328 e. The second-order valence-corrected chi connectivity index (χ2v) is 7.13. The molecule has 0 spiro atoms. The number of hydrogen-bond acceptors (Lipinski definition) is 4. The van der Waals surface area contributed by atoms with Gasteiger partial charge in [-0.2, -0.15) is 0 Å². The first-order valence-electron chi connectivity index (χ1n) is 8.70. The number of fused-ring (bicyclic) bond motifs is 1. The van der Waals surface area contributed by atoms with Crippen molar-refractivity contribution in [3.8, 4) is 0 Å². The number of rotatable bonds is 2. The quantitative estimate of drug-likeness (QED) is 0.837. The van der Waals surface area contributed by atoms with Gasteiger partial charge in [0.1, 0.15) is 0 Å². The van der Waals surface area contributed by atoms with Gasteiger partial charge in [-0.1, -0.05) is 12.1 Å². The van der Waals surface area contributed by atoms with E-state index in [1.165, 1.54) is 4.90 Å². The maximum atomic E-state index is 13.0. The highest BCUT2D eigenvalue weighted by atomic mass is 16.3. The molecule has 132 valence electrons. The maximum absolute atomic E-state index is 13.0. The summed E-state index contributed by atoms with van der Waals surface area (Å²) in [6.07, 6.45) is 1.49. The van der Waals surface area contributed by atoms with Gasteiger partial charge in [0, 0.05) is 26.1 Å². The van der Waals surface area contributed by atoms with Crippen LogP contribution >= 0.6 is 0 Å². The molecule has 7 heteroatoms. The fourth-order valence-corrected chi connectivity index (χ4v) is 4.29. The van der Waals surface area contributed by atoms with Crippen molar-refractivity contribution in [3.05, 3.63) is 29.8 Å². The molecule has 1 aromatic rings. The zero-order chi connectivity index (χ0) is 17.6. The lowest BCUT2D eigenvalue weighted by molar-refractivity contribution is -0.120. The number of para-hydroxylation sites is 1. The van der Waals surface area contributed by atoms with Crippen molar-refractivity contribution in [2.45, 2.75) is 25.4 Å². The zero-order valence-corrected chi connectivity index (χ0v) is 13.9. The molecule has 3 fully saturated rings. The second-order valence-electron chi connectivity index (χ2n) is 7.13. The fourth-order valence-electron chi connectivity index (χ4n) is 4.29. The predicted molar refractivity (Wildman–Crippen MR) is 90.1 cm³/mol. The normalized spacial score (nSPS) is 28.9. The maximum Gasteiger partial charge on any atom is 0.328 e. The van der Waals surface area contributed by atoms with E-state index in [1.54, 1.807) is 24.3 Å².